The number of benzene rings is 2. The van der Waals surface area contributed by atoms with Gasteiger partial charge < -0.3 is 15.1 Å². The Bertz CT molecular complexity index is 1040. The molecule has 0 spiro atoms. The highest BCUT2D eigenvalue weighted by molar-refractivity contribution is 7.12. The molecular formula is C27H31N3O2S. The van der Waals surface area contributed by atoms with Crippen LogP contribution in [0.1, 0.15) is 41.4 Å². The van der Waals surface area contributed by atoms with Crippen molar-refractivity contribution in [2.24, 2.45) is 0 Å². The summed E-state index contributed by atoms with van der Waals surface area (Å²) < 4.78 is 0. The summed E-state index contributed by atoms with van der Waals surface area (Å²) in [4.78, 5) is 30.5. The maximum atomic E-state index is 13.6. The van der Waals surface area contributed by atoms with Gasteiger partial charge in [-0.3, -0.25) is 9.59 Å². The summed E-state index contributed by atoms with van der Waals surface area (Å²) in [7, 11) is 0. The first-order valence-corrected chi connectivity index (χ1v) is 12.5. The number of carbonyl (C=O) groups excluding carboxylic acids is 2. The van der Waals surface area contributed by atoms with E-state index < -0.39 is 0 Å². The Kier molecular flexibility index (Phi) is 7.92. The van der Waals surface area contributed by atoms with Crippen molar-refractivity contribution in [1.82, 2.24) is 4.90 Å². The average Bonchev–Trinajstić information content (AvgIpc) is 3.37. The van der Waals surface area contributed by atoms with Gasteiger partial charge in [0.15, 0.2) is 0 Å². The number of nitrogens with zero attached hydrogens (tertiary/aromatic N) is 2. The molecule has 172 valence electrons. The van der Waals surface area contributed by atoms with Crippen LogP contribution >= 0.6 is 11.3 Å². The second kappa shape index (κ2) is 11.3. The minimum Gasteiger partial charge on any atom is -0.325 e. The van der Waals surface area contributed by atoms with Crippen LogP contribution in [0.2, 0.25) is 0 Å². The van der Waals surface area contributed by atoms with Crippen LogP contribution in [0.4, 0.5) is 11.4 Å². The van der Waals surface area contributed by atoms with Crippen LogP contribution in [0.3, 0.4) is 0 Å². The van der Waals surface area contributed by atoms with E-state index in [0.29, 0.717) is 5.69 Å². The van der Waals surface area contributed by atoms with Gasteiger partial charge in [-0.1, -0.05) is 48.5 Å². The number of piperidine rings is 1. The number of carbonyl (C=O) groups is 2. The van der Waals surface area contributed by atoms with Gasteiger partial charge in [-0.25, -0.2) is 0 Å². The Balaban J connectivity index is 1.45. The van der Waals surface area contributed by atoms with Crippen molar-refractivity contribution in [2.75, 3.05) is 29.9 Å². The summed E-state index contributed by atoms with van der Waals surface area (Å²) in [6, 6.07) is 22.1. The Morgan fingerprint density at radius 1 is 1.00 bits per heavy atom. The van der Waals surface area contributed by atoms with E-state index in [1.165, 1.54) is 23.8 Å². The fraction of sp³-hybridized carbons (Fsp3) is 0.333. The number of likely N-dealkylation sites (tertiary alicyclic amines) is 1. The third kappa shape index (κ3) is 6.09. The molecule has 2 amide bonds. The number of anilines is 2. The van der Waals surface area contributed by atoms with Gasteiger partial charge in [0.05, 0.1) is 16.3 Å². The van der Waals surface area contributed by atoms with Crippen LogP contribution in [0.25, 0.3) is 0 Å². The lowest BCUT2D eigenvalue weighted by Gasteiger charge is -2.39. The molecule has 1 aliphatic rings. The van der Waals surface area contributed by atoms with Crippen LogP contribution in [0, 0.1) is 0 Å². The van der Waals surface area contributed by atoms with Gasteiger partial charge in [0.25, 0.3) is 5.91 Å². The highest BCUT2D eigenvalue weighted by Crippen LogP contribution is 2.33. The average molecular weight is 462 g/mol. The minimum absolute atomic E-state index is 0.00493. The number of hydrogen-bond donors (Lipinski definition) is 1. The molecule has 2 heterocycles. The third-order valence-corrected chi connectivity index (χ3v) is 6.99. The maximum Gasteiger partial charge on any atom is 0.268 e. The zero-order valence-electron chi connectivity index (χ0n) is 19.1. The lowest BCUT2D eigenvalue weighted by atomic mass is 10.0. The maximum absolute atomic E-state index is 13.6. The smallest absolute Gasteiger partial charge is 0.268 e. The molecule has 1 saturated heterocycles. The summed E-state index contributed by atoms with van der Waals surface area (Å²) in [5.41, 5.74) is 2.84. The molecule has 33 heavy (non-hydrogen) atoms. The van der Waals surface area contributed by atoms with Crippen LogP contribution in [-0.4, -0.2) is 42.4 Å². The van der Waals surface area contributed by atoms with Crippen LogP contribution in [0.5, 0.6) is 0 Å². The van der Waals surface area contributed by atoms with Gasteiger partial charge in [0.1, 0.15) is 0 Å². The van der Waals surface area contributed by atoms with Crippen LogP contribution in [-0.2, 0) is 11.2 Å². The van der Waals surface area contributed by atoms with Gasteiger partial charge in [0.2, 0.25) is 5.91 Å². The molecule has 0 saturated carbocycles. The number of para-hydroxylation sites is 2. The van der Waals surface area contributed by atoms with E-state index in [-0.39, 0.29) is 17.9 Å². The van der Waals surface area contributed by atoms with Gasteiger partial charge in [0, 0.05) is 26.1 Å². The van der Waals surface area contributed by atoms with Crippen molar-refractivity contribution in [3.63, 3.8) is 0 Å². The first-order valence-electron chi connectivity index (χ1n) is 11.6. The van der Waals surface area contributed by atoms with E-state index in [1.54, 1.807) is 0 Å². The Morgan fingerprint density at radius 2 is 1.73 bits per heavy atom. The van der Waals surface area contributed by atoms with Crippen LogP contribution in [0.15, 0.2) is 72.1 Å². The topological polar surface area (TPSA) is 52.7 Å². The highest BCUT2D eigenvalue weighted by atomic mass is 32.1. The van der Waals surface area contributed by atoms with Gasteiger partial charge in [-0.05, 0) is 61.4 Å². The summed E-state index contributed by atoms with van der Waals surface area (Å²) in [6.07, 6.45) is 4.06. The molecule has 1 aromatic heterocycles. The molecule has 3 aromatic rings. The first kappa shape index (κ1) is 23.2. The van der Waals surface area contributed by atoms with E-state index >= 15 is 0 Å². The number of hydrogen-bond acceptors (Lipinski definition) is 4. The van der Waals surface area contributed by atoms with Crippen LogP contribution < -0.4 is 10.2 Å². The Morgan fingerprint density at radius 3 is 2.42 bits per heavy atom. The Labute approximate surface area is 200 Å². The fourth-order valence-corrected chi connectivity index (χ4v) is 5.18. The molecule has 1 N–H and O–H groups in total. The SMILES string of the molecule is CC(=O)Nc1ccccc1N(C(=O)c1cccs1)C1CCN(CCCc2ccccc2)CC1. The zero-order valence-corrected chi connectivity index (χ0v) is 19.9. The molecule has 1 aliphatic heterocycles. The largest absolute Gasteiger partial charge is 0.325 e. The molecule has 0 unspecified atom stereocenters. The molecule has 5 nitrogen and oxygen atoms in total. The summed E-state index contributed by atoms with van der Waals surface area (Å²) in [5.74, 6) is -0.135. The molecule has 4 rings (SSSR count). The molecule has 0 bridgehead atoms. The Hall–Kier alpha value is -2.96. The van der Waals surface area contributed by atoms with E-state index in [4.69, 9.17) is 0 Å². The van der Waals surface area contributed by atoms with Gasteiger partial charge in [-0.2, -0.15) is 0 Å². The van der Waals surface area contributed by atoms with Crippen molar-refractivity contribution in [3.8, 4) is 0 Å². The lowest BCUT2D eigenvalue weighted by Crippen LogP contribution is -2.48. The number of aryl methyl sites for hydroxylation is 1. The second-order valence-corrected chi connectivity index (χ2v) is 9.46. The number of thiophene rings is 1. The monoisotopic (exact) mass is 461 g/mol. The molecule has 6 heteroatoms. The molecule has 1 fully saturated rings. The second-order valence-electron chi connectivity index (χ2n) is 8.51. The normalized spacial score (nSPS) is 14.7. The molecular weight excluding hydrogens is 430 g/mol. The molecule has 0 atom stereocenters. The lowest BCUT2D eigenvalue weighted by molar-refractivity contribution is -0.114. The van der Waals surface area contributed by atoms with Crippen molar-refractivity contribution >= 4 is 34.5 Å². The van der Waals surface area contributed by atoms with E-state index in [0.717, 1.165) is 55.9 Å². The van der Waals surface area contributed by atoms with Crippen molar-refractivity contribution in [3.05, 3.63) is 82.6 Å². The third-order valence-electron chi connectivity index (χ3n) is 6.13. The van der Waals surface area contributed by atoms with E-state index in [2.05, 4.69) is 40.5 Å². The summed E-state index contributed by atoms with van der Waals surface area (Å²) in [6.45, 7) is 4.51. The number of nitrogens with one attached hydrogen (secondary N) is 1. The standard InChI is InChI=1S/C27H31N3O2S/c1-21(31)28-24-12-5-6-13-25(24)30(27(32)26-14-8-20-33-26)23-15-18-29(19-16-23)17-7-11-22-9-3-2-4-10-22/h2-6,8-10,12-14,20,23H,7,11,15-19H2,1H3,(H,28,31). The van der Waals surface area contributed by atoms with Crippen molar-refractivity contribution in [1.29, 1.82) is 0 Å². The molecule has 0 aliphatic carbocycles. The van der Waals surface area contributed by atoms with Gasteiger partial charge in [-0.15, -0.1) is 11.3 Å². The molecule has 2 aromatic carbocycles. The van der Waals surface area contributed by atoms with Crippen molar-refractivity contribution < 1.29 is 9.59 Å². The summed E-state index contributed by atoms with van der Waals surface area (Å²) in [5, 5.41) is 4.84. The predicted octanol–water partition coefficient (Wildman–Crippen LogP) is 5.45. The van der Waals surface area contributed by atoms with E-state index in [1.807, 2.05) is 46.7 Å². The highest BCUT2D eigenvalue weighted by Gasteiger charge is 2.31. The summed E-state index contributed by atoms with van der Waals surface area (Å²) >= 11 is 1.46. The zero-order chi connectivity index (χ0) is 23.0. The number of rotatable bonds is 8. The van der Waals surface area contributed by atoms with Crippen molar-refractivity contribution in [2.45, 2.75) is 38.6 Å². The van der Waals surface area contributed by atoms with Gasteiger partial charge >= 0.3 is 0 Å². The quantitative estimate of drug-likeness (QED) is 0.485. The predicted molar refractivity (Wildman–Crippen MR) is 136 cm³/mol. The first-order chi connectivity index (χ1) is 16.1. The number of amides is 2. The van der Waals surface area contributed by atoms with E-state index in [9.17, 15) is 9.59 Å². The minimum atomic E-state index is -0.140. The molecule has 0 radical (unpaired) electrons. The fourth-order valence-electron chi connectivity index (χ4n) is 4.52.